The Labute approximate surface area is 120 Å². The lowest BCUT2D eigenvalue weighted by molar-refractivity contribution is 0.849. The fourth-order valence-corrected chi connectivity index (χ4v) is 2.62. The number of benzene rings is 2. The molecule has 1 atom stereocenters. The van der Waals surface area contributed by atoms with Crippen molar-refractivity contribution in [3.05, 3.63) is 68.7 Å². The van der Waals surface area contributed by atoms with Crippen molar-refractivity contribution in [3.63, 3.8) is 0 Å². The summed E-state index contributed by atoms with van der Waals surface area (Å²) in [5.41, 5.74) is 13.5. The van der Waals surface area contributed by atoms with E-state index in [1.165, 1.54) is 16.7 Å². The van der Waals surface area contributed by atoms with Crippen LogP contribution in [-0.4, -0.2) is 0 Å². The first-order valence-corrected chi connectivity index (χ1v) is 6.87. The molecule has 0 fully saturated rings. The first-order valence-electron chi connectivity index (χ1n) is 6.49. The summed E-state index contributed by atoms with van der Waals surface area (Å²) in [6.07, 6.45) is 0. The van der Waals surface area contributed by atoms with Gasteiger partial charge in [-0.05, 0) is 61.6 Å². The van der Waals surface area contributed by atoms with Crippen LogP contribution in [-0.2, 0) is 0 Å². The van der Waals surface area contributed by atoms with Crippen LogP contribution < -0.4 is 5.73 Å². The third-order valence-corrected chi connectivity index (χ3v) is 4.06. The van der Waals surface area contributed by atoms with Gasteiger partial charge in [0.1, 0.15) is 0 Å². The topological polar surface area (TPSA) is 26.0 Å². The zero-order valence-corrected chi connectivity index (χ0v) is 12.7. The number of aryl methyl sites for hydroxylation is 4. The van der Waals surface area contributed by atoms with Gasteiger partial charge in [0, 0.05) is 5.02 Å². The molecule has 0 heterocycles. The van der Waals surface area contributed by atoms with Crippen LogP contribution in [0.2, 0.25) is 5.02 Å². The number of hydrogen-bond donors (Lipinski definition) is 1. The molecule has 2 rings (SSSR count). The molecular formula is C17H20ClN. The fourth-order valence-electron chi connectivity index (χ4n) is 2.40. The van der Waals surface area contributed by atoms with Crippen LogP contribution in [0.25, 0.3) is 0 Å². The molecule has 0 saturated heterocycles. The number of rotatable bonds is 2. The van der Waals surface area contributed by atoms with Crippen LogP contribution in [0.4, 0.5) is 0 Å². The van der Waals surface area contributed by atoms with Crippen LogP contribution >= 0.6 is 11.6 Å². The lowest BCUT2D eigenvalue weighted by Crippen LogP contribution is -2.15. The maximum absolute atomic E-state index is 6.46. The second kappa shape index (κ2) is 5.36. The van der Waals surface area contributed by atoms with E-state index in [1.807, 2.05) is 13.0 Å². The summed E-state index contributed by atoms with van der Waals surface area (Å²) < 4.78 is 0. The Bertz CT molecular complexity index is 617. The van der Waals surface area contributed by atoms with E-state index in [4.69, 9.17) is 17.3 Å². The summed E-state index contributed by atoms with van der Waals surface area (Å²) in [7, 11) is 0. The molecule has 0 aliphatic heterocycles. The van der Waals surface area contributed by atoms with Gasteiger partial charge >= 0.3 is 0 Å². The highest BCUT2D eigenvalue weighted by atomic mass is 35.5. The Morgan fingerprint density at radius 2 is 1.47 bits per heavy atom. The molecule has 0 spiro atoms. The van der Waals surface area contributed by atoms with Crippen LogP contribution in [0.15, 0.2) is 30.3 Å². The van der Waals surface area contributed by atoms with E-state index in [2.05, 4.69) is 45.0 Å². The normalized spacial score (nSPS) is 12.5. The highest BCUT2D eigenvalue weighted by Crippen LogP contribution is 2.29. The van der Waals surface area contributed by atoms with E-state index in [0.29, 0.717) is 0 Å². The van der Waals surface area contributed by atoms with E-state index in [9.17, 15) is 0 Å². The minimum absolute atomic E-state index is 0.101. The van der Waals surface area contributed by atoms with E-state index in [0.717, 1.165) is 21.7 Å². The molecule has 2 heteroatoms. The third-order valence-electron chi connectivity index (χ3n) is 3.65. The first kappa shape index (κ1) is 14.1. The average Bonchev–Trinajstić information content (AvgIpc) is 2.36. The van der Waals surface area contributed by atoms with Gasteiger partial charge in [-0.2, -0.15) is 0 Å². The average molecular weight is 274 g/mol. The first-order chi connectivity index (χ1) is 8.90. The molecule has 100 valence electrons. The minimum Gasteiger partial charge on any atom is -0.320 e. The van der Waals surface area contributed by atoms with E-state index < -0.39 is 0 Å². The fraction of sp³-hybridized carbons (Fsp3) is 0.294. The van der Waals surface area contributed by atoms with E-state index >= 15 is 0 Å². The molecule has 0 bridgehead atoms. The van der Waals surface area contributed by atoms with Crippen molar-refractivity contribution in [3.8, 4) is 0 Å². The van der Waals surface area contributed by atoms with Gasteiger partial charge in [-0.1, -0.05) is 41.4 Å². The molecule has 0 radical (unpaired) electrons. The molecule has 0 aliphatic carbocycles. The zero-order valence-electron chi connectivity index (χ0n) is 11.9. The second-order valence-corrected chi connectivity index (χ2v) is 5.70. The van der Waals surface area contributed by atoms with E-state index in [1.54, 1.807) is 0 Å². The molecule has 2 aromatic carbocycles. The number of hydrogen-bond acceptors (Lipinski definition) is 1. The van der Waals surface area contributed by atoms with Crippen LogP contribution in [0, 0.1) is 27.7 Å². The molecular weight excluding hydrogens is 254 g/mol. The monoisotopic (exact) mass is 273 g/mol. The predicted octanol–water partition coefficient (Wildman–Crippen LogP) is 4.62. The van der Waals surface area contributed by atoms with Crippen molar-refractivity contribution in [1.29, 1.82) is 0 Å². The van der Waals surface area contributed by atoms with Gasteiger partial charge in [-0.25, -0.2) is 0 Å². The SMILES string of the molecule is Cc1ccc(C)c(C(N)c2cc(C)c(Cl)cc2C)c1. The number of halogens is 1. The summed E-state index contributed by atoms with van der Waals surface area (Å²) >= 11 is 6.15. The van der Waals surface area contributed by atoms with E-state index in [-0.39, 0.29) is 6.04 Å². The molecule has 2 N–H and O–H groups in total. The number of nitrogens with two attached hydrogens (primary N) is 1. The van der Waals surface area contributed by atoms with Gasteiger partial charge < -0.3 is 5.73 Å². The van der Waals surface area contributed by atoms with Gasteiger partial charge in [0.25, 0.3) is 0 Å². The Hall–Kier alpha value is -1.31. The second-order valence-electron chi connectivity index (χ2n) is 5.30. The summed E-state index contributed by atoms with van der Waals surface area (Å²) in [4.78, 5) is 0. The molecule has 1 unspecified atom stereocenters. The van der Waals surface area contributed by atoms with Gasteiger partial charge in [-0.3, -0.25) is 0 Å². The van der Waals surface area contributed by atoms with Crippen molar-refractivity contribution < 1.29 is 0 Å². The summed E-state index contributed by atoms with van der Waals surface area (Å²) in [5, 5.41) is 0.800. The van der Waals surface area contributed by atoms with Crippen molar-refractivity contribution in [2.24, 2.45) is 5.73 Å². The highest BCUT2D eigenvalue weighted by molar-refractivity contribution is 6.31. The zero-order chi connectivity index (χ0) is 14.2. The van der Waals surface area contributed by atoms with Crippen molar-refractivity contribution >= 4 is 11.6 Å². The summed E-state index contributed by atoms with van der Waals surface area (Å²) in [6.45, 7) is 8.27. The summed E-state index contributed by atoms with van der Waals surface area (Å²) in [5.74, 6) is 0. The lowest BCUT2D eigenvalue weighted by atomic mass is 9.91. The van der Waals surface area contributed by atoms with Gasteiger partial charge in [-0.15, -0.1) is 0 Å². The molecule has 0 aliphatic rings. The van der Waals surface area contributed by atoms with Crippen LogP contribution in [0.5, 0.6) is 0 Å². The summed E-state index contributed by atoms with van der Waals surface area (Å²) in [6, 6.07) is 10.4. The van der Waals surface area contributed by atoms with Crippen molar-refractivity contribution in [2.75, 3.05) is 0 Å². The van der Waals surface area contributed by atoms with Gasteiger partial charge in [0.15, 0.2) is 0 Å². The molecule has 0 amide bonds. The Kier molecular flexibility index (Phi) is 3.98. The molecule has 19 heavy (non-hydrogen) atoms. The predicted molar refractivity (Wildman–Crippen MR) is 82.9 cm³/mol. The van der Waals surface area contributed by atoms with Crippen molar-refractivity contribution in [1.82, 2.24) is 0 Å². The molecule has 2 aromatic rings. The van der Waals surface area contributed by atoms with Crippen molar-refractivity contribution in [2.45, 2.75) is 33.7 Å². The maximum Gasteiger partial charge on any atom is 0.0557 e. The largest absolute Gasteiger partial charge is 0.320 e. The third kappa shape index (κ3) is 2.83. The quantitative estimate of drug-likeness (QED) is 0.849. The molecule has 1 nitrogen and oxygen atoms in total. The Balaban J connectivity index is 2.52. The smallest absolute Gasteiger partial charge is 0.0557 e. The van der Waals surface area contributed by atoms with Gasteiger partial charge in [0.2, 0.25) is 0 Å². The highest BCUT2D eigenvalue weighted by Gasteiger charge is 2.15. The van der Waals surface area contributed by atoms with Gasteiger partial charge in [0.05, 0.1) is 6.04 Å². The lowest BCUT2D eigenvalue weighted by Gasteiger charge is -2.19. The standard InChI is InChI=1S/C17H20ClN/c1-10-5-6-11(2)14(7-10)17(19)15-8-13(4)16(18)9-12(15)3/h5-9,17H,19H2,1-4H3. The Morgan fingerprint density at radius 3 is 2.16 bits per heavy atom. The molecule has 0 aromatic heterocycles. The molecule has 0 saturated carbocycles. The minimum atomic E-state index is -0.101. The Morgan fingerprint density at radius 1 is 0.842 bits per heavy atom. The van der Waals surface area contributed by atoms with Crippen LogP contribution in [0.1, 0.15) is 39.4 Å². The van der Waals surface area contributed by atoms with Crippen LogP contribution in [0.3, 0.4) is 0 Å². The maximum atomic E-state index is 6.46.